The second-order valence-electron chi connectivity index (χ2n) is 9.11. The van der Waals surface area contributed by atoms with Gasteiger partial charge in [0.15, 0.2) is 5.13 Å². The molecule has 1 aromatic heterocycles. The van der Waals surface area contributed by atoms with Gasteiger partial charge < -0.3 is 19.4 Å². The number of aryl methyl sites for hydroxylation is 1. The van der Waals surface area contributed by atoms with Gasteiger partial charge in [-0.2, -0.15) is 0 Å². The van der Waals surface area contributed by atoms with Crippen LogP contribution in [0.5, 0.6) is 0 Å². The molecule has 0 bridgehead atoms. The molecule has 29 heavy (non-hydrogen) atoms. The van der Waals surface area contributed by atoms with Gasteiger partial charge in [0.05, 0.1) is 5.69 Å². The number of hydrogen-bond donors (Lipinski definition) is 0. The molecule has 0 radical (unpaired) electrons. The molecule has 162 valence electrons. The quantitative estimate of drug-likeness (QED) is 0.746. The number of piperidine rings is 1. The summed E-state index contributed by atoms with van der Waals surface area (Å²) < 4.78 is 5.45. The minimum absolute atomic E-state index is 0.243. The SMILES string of the molecule is Cc1csc(N2CCCN(C(=O)CC3CCN(C(=O)OC(C)(C)C)CC3)CC2)n1. The van der Waals surface area contributed by atoms with Crippen LogP contribution >= 0.6 is 11.3 Å². The monoisotopic (exact) mass is 422 g/mol. The molecule has 0 aromatic carbocycles. The van der Waals surface area contributed by atoms with Crippen LogP contribution in [0.2, 0.25) is 0 Å². The lowest BCUT2D eigenvalue weighted by molar-refractivity contribution is -0.132. The van der Waals surface area contributed by atoms with Gasteiger partial charge in [-0.05, 0) is 52.9 Å². The average molecular weight is 423 g/mol. The third-order valence-corrected chi connectivity index (χ3v) is 6.47. The van der Waals surface area contributed by atoms with Crippen LogP contribution < -0.4 is 4.90 Å². The van der Waals surface area contributed by atoms with E-state index in [9.17, 15) is 9.59 Å². The molecule has 1 aromatic rings. The van der Waals surface area contributed by atoms with Crippen molar-refractivity contribution in [3.63, 3.8) is 0 Å². The topological polar surface area (TPSA) is 66.0 Å². The zero-order valence-corrected chi connectivity index (χ0v) is 19.0. The van der Waals surface area contributed by atoms with E-state index < -0.39 is 5.60 Å². The minimum atomic E-state index is -0.470. The number of rotatable bonds is 3. The van der Waals surface area contributed by atoms with Crippen LogP contribution in [-0.2, 0) is 9.53 Å². The zero-order chi connectivity index (χ0) is 21.0. The van der Waals surface area contributed by atoms with Gasteiger partial charge >= 0.3 is 6.09 Å². The first-order chi connectivity index (χ1) is 13.7. The van der Waals surface area contributed by atoms with Crippen molar-refractivity contribution in [1.29, 1.82) is 0 Å². The summed E-state index contributed by atoms with van der Waals surface area (Å²) >= 11 is 1.68. The summed E-state index contributed by atoms with van der Waals surface area (Å²) in [4.78, 5) is 35.7. The highest BCUT2D eigenvalue weighted by atomic mass is 32.1. The van der Waals surface area contributed by atoms with Gasteiger partial charge in [0.1, 0.15) is 5.60 Å². The molecule has 0 unspecified atom stereocenters. The molecule has 2 fully saturated rings. The summed E-state index contributed by atoms with van der Waals surface area (Å²) in [7, 11) is 0. The highest BCUT2D eigenvalue weighted by Gasteiger charge is 2.29. The summed E-state index contributed by atoms with van der Waals surface area (Å²) in [6.45, 7) is 12.4. The molecule has 3 rings (SSSR count). The van der Waals surface area contributed by atoms with Crippen molar-refractivity contribution >= 4 is 28.5 Å². The maximum Gasteiger partial charge on any atom is 0.410 e. The van der Waals surface area contributed by atoms with Crippen molar-refractivity contribution in [2.75, 3.05) is 44.2 Å². The third-order valence-electron chi connectivity index (χ3n) is 5.46. The van der Waals surface area contributed by atoms with Crippen molar-refractivity contribution in [3.8, 4) is 0 Å². The largest absolute Gasteiger partial charge is 0.444 e. The van der Waals surface area contributed by atoms with Crippen molar-refractivity contribution in [2.24, 2.45) is 5.92 Å². The fourth-order valence-corrected chi connectivity index (χ4v) is 4.72. The summed E-state index contributed by atoms with van der Waals surface area (Å²) in [6.07, 6.45) is 3.04. The predicted octanol–water partition coefficient (Wildman–Crippen LogP) is 3.53. The third kappa shape index (κ3) is 6.32. The molecule has 0 saturated carbocycles. The van der Waals surface area contributed by atoms with Crippen molar-refractivity contribution in [3.05, 3.63) is 11.1 Å². The van der Waals surface area contributed by atoms with Crippen LogP contribution in [0.4, 0.5) is 9.93 Å². The number of carbonyl (C=O) groups is 2. The van der Waals surface area contributed by atoms with E-state index in [-0.39, 0.29) is 12.0 Å². The van der Waals surface area contributed by atoms with E-state index in [2.05, 4.69) is 15.3 Å². The second kappa shape index (κ2) is 9.32. The van der Waals surface area contributed by atoms with Crippen molar-refractivity contribution in [1.82, 2.24) is 14.8 Å². The molecule has 0 aliphatic carbocycles. The Morgan fingerprint density at radius 3 is 2.45 bits per heavy atom. The first kappa shape index (κ1) is 21.9. The Bertz CT molecular complexity index is 707. The first-order valence-corrected chi connectivity index (χ1v) is 11.5. The number of nitrogens with zero attached hydrogens (tertiary/aromatic N) is 4. The standard InChI is InChI=1S/C21H34N4O3S/c1-16-15-29-19(22-16)24-9-5-8-23(12-13-24)18(26)14-17-6-10-25(11-7-17)20(27)28-21(2,3)4/h15,17H,5-14H2,1-4H3. The molecule has 0 atom stereocenters. The van der Waals surface area contributed by atoms with Crippen LogP contribution in [0.25, 0.3) is 0 Å². The molecule has 7 nitrogen and oxygen atoms in total. The molecular weight excluding hydrogens is 388 g/mol. The lowest BCUT2D eigenvalue weighted by Gasteiger charge is -2.34. The van der Waals surface area contributed by atoms with Crippen LogP contribution in [0.1, 0.15) is 52.1 Å². The fraction of sp³-hybridized carbons (Fsp3) is 0.762. The maximum absolute atomic E-state index is 12.9. The van der Waals surface area contributed by atoms with Gasteiger partial charge in [0, 0.05) is 51.1 Å². The Morgan fingerprint density at radius 1 is 1.10 bits per heavy atom. The Hall–Kier alpha value is -1.83. The van der Waals surface area contributed by atoms with E-state index in [1.54, 1.807) is 16.2 Å². The van der Waals surface area contributed by atoms with E-state index in [1.807, 2.05) is 32.6 Å². The van der Waals surface area contributed by atoms with Crippen molar-refractivity contribution in [2.45, 2.75) is 59.0 Å². The van der Waals surface area contributed by atoms with E-state index >= 15 is 0 Å². The van der Waals surface area contributed by atoms with E-state index in [4.69, 9.17) is 4.74 Å². The van der Waals surface area contributed by atoms with Crippen LogP contribution in [0.3, 0.4) is 0 Å². The zero-order valence-electron chi connectivity index (χ0n) is 18.1. The Morgan fingerprint density at radius 2 is 1.83 bits per heavy atom. The molecule has 2 aliphatic heterocycles. The summed E-state index contributed by atoms with van der Waals surface area (Å²) in [5.74, 6) is 0.597. The average Bonchev–Trinajstić information content (AvgIpc) is 2.93. The van der Waals surface area contributed by atoms with Gasteiger partial charge in [0.25, 0.3) is 0 Å². The molecule has 2 amide bonds. The number of carbonyl (C=O) groups excluding carboxylic acids is 2. The van der Waals surface area contributed by atoms with Gasteiger partial charge in [-0.1, -0.05) is 0 Å². The van der Waals surface area contributed by atoms with Gasteiger partial charge in [-0.3, -0.25) is 4.79 Å². The molecule has 3 heterocycles. The van der Waals surface area contributed by atoms with Gasteiger partial charge in [0.2, 0.25) is 5.91 Å². The number of ether oxygens (including phenoxy) is 1. The smallest absolute Gasteiger partial charge is 0.410 e. The second-order valence-corrected chi connectivity index (χ2v) is 9.94. The summed E-state index contributed by atoms with van der Waals surface area (Å²) in [5, 5.41) is 3.14. The molecule has 2 saturated heterocycles. The molecule has 2 aliphatic rings. The van der Waals surface area contributed by atoms with E-state index in [0.717, 1.165) is 56.3 Å². The minimum Gasteiger partial charge on any atom is -0.444 e. The predicted molar refractivity (Wildman–Crippen MR) is 115 cm³/mol. The number of anilines is 1. The van der Waals surface area contributed by atoms with Gasteiger partial charge in [-0.15, -0.1) is 11.3 Å². The van der Waals surface area contributed by atoms with Crippen LogP contribution in [-0.4, -0.2) is 71.7 Å². The summed E-state index contributed by atoms with van der Waals surface area (Å²) in [5.41, 5.74) is 0.585. The number of likely N-dealkylation sites (tertiary alicyclic amines) is 1. The van der Waals surface area contributed by atoms with Crippen molar-refractivity contribution < 1.29 is 14.3 Å². The number of thiazole rings is 1. The first-order valence-electron chi connectivity index (χ1n) is 10.6. The number of hydrogen-bond acceptors (Lipinski definition) is 6. The molecule has 0 N–H and O–H groups in total. The van der Waals surface area contributed by atoms with Gasteiger partial charge in [-0.25, -0.2) is 9.78 Å². The summed E-state index contributed by atoms with van der Waals surface area (Å²) in [6, 6.07) is 0. The normalized spacial score (nSPS) is 19.2. The Balaban J connectivity index is 1.43. The van der Waals surface area contributed by atoms with E-state index in [1.165, 1.54) is 0 Å². The van der Waals surface area contributed by atoms with Crippen LogP contribution in [0, 0.1) is 12.8 Å². The number of amides is 2. The molecule has 0 spiro atoms. The Labute approximate surface area is 178 Å². The van der Waals surface area contributed by atoms with E-state index in [0.29, 0.717) is 25.4 Å². The maximum atomic E-state index is 12.9. The van der Waals surface area contributed by atoms with Crippen LogP contribution in [0.15, 0.2) is 5.38 Å². The number of aromatic nitrogens is 1. The lowest BCUT2D eigenvalue weighted by atomic mass is 9.93. The fourth-order valence-electron chi connectivity index (χ4n) is 3.87. The highest BCUT2D eigenvalue weighted by Crippen LogP contribution is 2.25. The highest BCUT2D eigenvalue weighted by molar-refractivity contribution is 7.13. The lowest BCUT2D eigenvalue weighted by Crippen LogP contribution is -2.43. The molecular formula is C21H34N4O3S. The molecule has 8 heteroatoms. The Kier molecular flexibility index (Phi) is 7.03.